The SMILES string of the molecule is CC(CC(=O)O)N(C)C(=O)C1CCCN1C. The van der Waals surface area contributed by atoms with Gasteiger partial charge in [0.25, 0.3) is 0 Å². The van der Waals surface area contributed by atoms with Crippen molar-refractivity contribution in [2.45, 2.75) is 38.3 Å². The molecule has 2 unspecified atom stereocenters. The largest absolute Gasteiger partial charge is 0.481 e. The van der Waals surface area contributed by atoms with Crippen molar-refractivity contribution in [1.82, 2.24) is 9.80 Å². The molecule has 0 aromatic rings. The van der Waals surface area contributed by atoms with Crippen LogP contribution in [0.3, 0.4) is 0 Å². The Labute approximate surface area is 96.0 Å². The van der Waals surface area contributed by atoms with Crippen molar-refractivity contribution < 1.29 is 14.7 Å². The molecule has 0 radical (unpaired) electrons. The van der Waals surface area contributed by atoms with Crippen LogP contribution in [0, 0.1) is 0 Å². The molecule has 92 valence electrons. The molecule has 5 nitrogen and oxygen atoms in total. The second kappa shape index (κ2) is 5.30. The van der Waals surface area contributed by atoms with E-state index in [0.29, 0.717) is 0 Å². The van der Waals surface area contributed by atoms with Gasteiger partial charge in [0, 0.05) is 13.1 Å². The van der Waals surface area contributed by atoms with Gasteiger partial charge in [-0.3, -0.25) is 14.5 Å². The van der Waals surface area contributed by atoms with Crippen molar-refractivity contribution in [1.29, 1.82) is 0 Å². The van der Waals surface area contributed by atoms with Gasteiger partial charge in [0.05, 0.1) is 12.5 Å². The maximum atomic E-state index is 12.1. The third-order valence-electron chi connectivity index (χ3n) is 3.28. The zero-order valence-electron chi connectivity index (χ0n) is 10.1. The van der Waals surface area contributed by atoms with Crippen LogP contribution in [0.5, 0.6) is 0 Å². The summed E-state index contributed by atoms with van der Waals surface area (Å²) in [6.07, 6.45) is 1.91. The van der Waals surface area contributed by atoms with Gasteiger partial charge in [-0.15, -0.1) is 0 Å². The number of carboxylic acids is 1. The number of carbonyl (C=O) groups excluding carboxylic acids is 1. The fourth-order valence-electron chi connectivity index (χ4n) is 2.06. The van der Waals surface area contributed by atoms with Gasteiger partial charge in [-0.05, 0) is 33.4 Å². The lowest BCUT2D eigenvalue weighted by Gasteiger charge is -2.29. The summed E-state index contributed by atoms with van der Waals surface area (Å²) in [5, 5.41) is 8.68. The maximum absolute atomic E-state index is 12.1. The van der Waals surface area contributed by atoms with E-state index in [1.165, 1.54) is 0 Å². The number of amides is 1. The predicted molar refractivity (Wildman–Crippen MR) is 60.1 cm³/mol. The quantitative estimate of drug-likeness (QED) is 0.756. The Morgan fingerprint density at radius 3 is 2.62 bits per heavy atom. The summed E-state index contributed by atoms with van der Waals surface area (Å²) in [6, 6.07) is -0.319. The number of likely N-dealkylation sites (tertiary alicyclic amines) is 1. The predicted octanol–water partition coefficient (Wildman–Crippen LogP) is 0.402. The number of carbonyl (C=O) groups is 2. The summed E-state index contributed by atoms with van der Waals surface area (Å²) in [6.45, 7) is 2.71. The first-order chi connectivity index (χ1) is 7.43. The fraction of sp³-hybridized carbons (Fsp3) is 0.818. The van der Waals surface area contributed by atoms with E-state index in [0.717, 1.165) is 19.4 Å². The van der Waals surface area contributed by atoms with E-state index in [4.69, 9.17) is 5.11 Å². The van der Waals surface area contributed by atoms with Crippen LogP contribution >= 0.6 is 0 Å². The van der Waals surface area contributed by atoms with Gasteiger partial charge in [0.2, 0.25) is 5.91 Å². The maximum Gasteiger partial charge on any atom is 0.305 e. The molecular weight excluding hydrogens is 208 g/mol. The van der Waals surface area contributed by atoms with Gasteiger partial charge in [-0.1, -0.05) is 0 Å². The third kappa shape index (κ3) is 2.95. The zero-order chi connectivity index (χ0) is 12.3. The van der Waals surface area contributed by atoms with Crippen LogP contribution in [0.25, 0.3) is 0 Å². The number of nitrogens with zero attached hydrogens (tertiary/aromatic N) is 2. The molecule has 1 amide bonds. The lowest BCUT2D eigenvalue weighted by atomic mass is 10.1. The van der Waals surface area contributed by atoms with E-state index in [1.54, 1.807) is 18.9 Å². The smallest absolute Gasteiger partial charge is 0.305 e. The van der Waals surface area contributed by atoms with Gasteiger partial charge < -0.3 is 10.0 Å². The Kier molecular flexibility index (Phi) is 4.29. The van der Waals surface area contributed by atoms with Crippen molar-refractivity contribution >= 4 is 11.9 Å². The molecule has 2 atom stereocenters. The van der Waals surface area contributed by atoms with Gasteiger partial charge >= 0.3 is 5.97 Å². The van der Waals surface area contributed by atoms with Crippen LogP contribution < -0.4 is 0 Å². The lowest BCUT2D eigenvalue weighted by Crippen LogP contribution is -2.46. The van der Waals surface area contributed by atoms with E-state index in [2.05, 4.69) is 0 Å². The monoisotopic (exact) mass is 228 g/mol. The number of hydrogen-bond donors (Lipinski definition) is 1. The minimum atomic E-state index is -0.869. The van der Waals surface area contributed by atoms with Crippen molar-refractivity contribution in [2.75, 3.05) is 20.6 Å². The Bertz CT molecular complexity index is 280. The lowest BCUT2D eigenvalue weighted by molar-refractivity contribution is -0.141. The number of likely N-dealkylation sites (N-methyl/N-ethyl adjacent to an activating group) is 2. The highest BCUT2D eigenvalue weighted by atomic mass is 16.4. The second-order valence-electron chi connectivity index (χ2n) is 4.53. The number of hydrogen-bond acceptors (Lipinski definition) is 3. The van der Waals surface area contributed by atoms with Crippen LogP contribution in [0.4, 0.5) is 0 Å². The molecular formula is C11H20N2O3. The number of aliphatic carboxylic acids is 1. The van der Waals surface area contributed by atoms with E-state index < -0.39 is 5.97 Å². The summed E-state index contributed by atoms with van der Waals surface area (Å²) in [7, 11) is 3.62. The molecule has 1 heterocycles. The van der Waals surface area contributed by atoms with Crippen molar-refractivity contribution in [3.05, 3.63) is 0 Å². The summed E-state index contributed by atoms with van der Waals surface area (Å²) in [4.78, 5) is 26.2. The molecule has 0 bridgehead atoms. The summed E-state index contributed by atoms with van der Waals surface area (Å²) in [5.74, 6) is -0.833. The first-order valence-corrected chi connectivity index (χ1v) is 5.62. The standard InChI is InChI=1S/C11H20N2O3/c1-8(7-10(14)15)13(3)11(16)9-5-4-6-12(9)2/h8-9H,4-7H2,1-3H3,(H,14,15). The molecule has 0 saturated carbocycles. The normalized spacial score (nSPS) is 23.1. The molecule has 1 aliphatic rings. The minimum absolute atomic E-state index is 0.00132. The molecule has 16 heavy (non-hydrogen) atoms. The zero-order valence-corrected chi connectivity index (χ0v) is 10.1. The van der Waals surface area contributed by atoms with Gasteiger partial charge in [-0.25, -0.2) is 0 Å². The molecule has 1 fully saturated rings. The number of rotatable bonds is 4. The molecule has 1 aliphatic heterocycles. The van der Waals surface area contributed by atoms with Crippen LogP contribution in [0.2, 0.25) is 0 Å². The fourth-order valence-corrected chi connectivity index (χ4v) is 2.06. The van der Waals surface area contributed by atoms with Crippen molar-refractivity contribution in [3.8, 4) is 0 Å². The molecule has 0 aliphatic carbocycles. The van der Waals surface area contributed by atoms with E-state index in [9.17, 15) is 9.59 Å². The van der Waals surface area contributed by atoms with E-state index in [1.807, 2.05) is 11.9 Å². The van der Waals surface area contributed by atoms with Gasteiger partial charge in [-0.2, -0.15) is 0 Å². The topological polar surface area (TPSA) is 60.9 Å². The molecule has 0 spiro atoms. The molecule has 1 rings (SSSR count). The van der Waals surface area contributed by atoms with Crippen molar-refractivity contribution in [3.63, 3.8) is 0 Å². The Hall–Kier alpha value is -1.10. The molecule has 0 aromatic carbocycles. The molecule has 1 N–H and O–H groups in total. The highest BCUT2D eigenvalue weighted by Gasteiger charge is 2.31. The van der Waals surface area contributed by atoms with Crippen molar-refractivity contribution in [2.24, 2.45) is 0 Å². The van der Waals surface area contributed by atoms with Gasteiger partial charge in [0.1, 0.15) is 0 Å². The Morgan fingerprint density at radius 1 is 1.56 bits per heavy atom. The first kappa shape index (κ1) is 13.0. The Balaban J connectivity index is 2.55. The first-order valence-electron chi connectivity index (χ1n) is 5.62. The third-order valence-corrected chi connectivity index (χ3v) is 3.28. The average Bonchev–Trinajstić information content (AvgIpc) is 2.61. The van der Waals surface area contributed by atoms with Crippen LogP contribution in [-0.2, 0) is 9.59 Å². The second-order valence-corrected chi connectivity index (χ2v) is 4.53. The van der Waals surface area contributed by atoms with Crippen LogP contribution in [0.15, 0.2) is 0 Å². The minimum Gasteiger partial charge on any atom is -0.481 e. The summed E-state index contributed by atoms with van der Waals surface area (Å²) < 4.78 is 0. The number of carboxylic acid groups (broad SMARTS) is 1. The summed E-state index contributed by atoms with van der Waals surface area (Å²) in [5.41, 5.74) is 0. The average molecular weight is 228 g/mol. The summed E-state index contributed by atoms with van der Waals surface area (Å²) >= 11 is 0. The molecule has 5 heteroatoms. The highest BCUT2D eigenvalue weighted by molar-refractivity contribution is 5.82. The van der Waals surface area contributed by atoms with E-state index in [-0.39, 0.29) is 24.4 Å². The molecule has 1 saturated heterocycles. The highest BCUT2D eigenvalue weighted by Crippen LogP contribution is 2.18. The Morgan fingerprint density at radius 2 is 2.19 bits per heavy atom. The molecule has 0 aromatic heterocycles. The van der Waals surface area contributed by atoms with Gasteiger partial charge in [0.15, 0.2) is 0 Å². The van der Waals surface area contributed by atoms with Crippen LogP contribution in [-0.4, -0.2) is 59.5 Å². The van der Waals surface area contributed by atoms with E-state index >= 15 is 0 Å². The van der Waals surface area contributed by atoms with Crippen LogP contribution in [0.1, 0.15) is 26.2 Å².